The molecule has 1 aliphatic heterocycles. The number of carbonyl (C=O) groups is 4. The van der Waals surface area contributed by atoms with Gasteiger partial charge in [0, 0.05) is 23.6 Å². The molecule has 32 heavy (non-hydrogen) atoms. The van der Waals surface area contributed by atoms with Gasteiger partial charge in [-0.1, -0.05) is 23.7 Å². The Kier molecular flexibility index (Phi) is 7.37. The molecular weight excluding hydrogens is 432 g/mol. The highest BCUT2D eigenvalue weighted by Gasteiger charge is 2.32. The molecule has 0 bridgehead atoms. The van der Waals surface area contributed by atoms with Crippen molar-refractivity contribution in [3.63, 3.8) is 0 Å². The Morgan fingerprint density at radius 2 is 1.97 bits per heavy atom. The average molecular weight is 455 g/mol. The number of nitrogens with zero attached hydrogens (tertiary/aromatic N) is 2. The van der Waals surface area contributed by atoms with Crippen LogP contribution < -0.4 is 10.6 Å². The molecule has 2 aromatic carbocycles. The van der Waals surface area contributed by atoms with E-state index in [1.165, 1.54) is 4.90 Å². The van der Waals surface area contributed by atoms with Gasteiger partial charge in [0.1, 0.15) is 11.9 Å². The molecule has 1 aliphatic rings. The molecule has 166 valence electrons. The molecule has 1 heterocycles. The number of piperidine rings is 1. The summed E-state index contributed by atoms with van der Waals surface area (Å²) in [6.45, 7) is 3.79. The minimum absolute atomic E-state index is 0.163. The average Bonchev–Trinajstić information content (AvgIpc) is 2.76. The summed E-state index contributed by atoms with van der Waals surface area (Å²) in [6, 6.07) is 11.3. The molecule has 0 spiro atoms. The Balaban J connectivity index is 1.75. The van der Waals surface area contributed by atoms with Gasteiger partial charge in [0.15, 0.2) is 0 Å². The number of aliphatic imine (C=N–C) groups is 1. The van der Waals surface area contributed by atoms with Gasteiger partial charge >= 0.3 is 0 Å². The Morgan fingerprint density at radius 1 is 1.25 bits per heavy atom. The van der Waals surface area contributed by atoms with Crippen LogP contribution in [0, 0.1) is 6.92 Å². The van der Waals surface area contributed by atoms with Crippen LogP contribution >= 0.6 is 11.6 Å². The molecule has 4 amide bonds. The normalized spacial score (nSPS) is 16.3. The lowest BCUT2D eigenvalue weighted by Crippen LogP contribution is -2.53. The molecule has 0 aromatic heterocycles. The van der Waals surface area contributed by atoms with Crippen molar-refractivity contribution < 1.29 is 19.2 Å². The summed E-state index contributed by atoms with van der Waals surface area (Å²) in [5.74, 6) is -0.759. The first kappa shape index (κ1) is 23.1. The maximum absolute atomic E-state index is 12.4. The summed E-state index contributed by atoms with van der Waals surface area (Å²) in [6.07, 6.45) is 0.951. The van der Waals surface area contributed by atoms with Gasteiger partial charge in [-0.3, -0.25) is 29.4 Å². The number of nitrogens with one attached hydrogen (secondary N) is 2. The van der Waals surface area contributed by atoms with Gasteiger partial charge in [0.05, 0.1) is 5.69 Å². The lowest BCUT2D eigenvalue weighted by atomic mass is 10.0. The van der Waals surface area contributed by atoms with E-state index in [9.17, 15) is 19.2 Å². The summed E-state index contributed by atoms with van der Waals surface area (Å²) in [5.41, 5.74) is 2.81. The van der Waals surface area contributed by atoms with Crippen molar-refractivity contribution in [2.24, 2.45) is 4.99 Å². The van der Waals surface area contributed by atoms with Gasteiger partial charge in [-0.2, -0.15) is 0 Å². The highest BCUT2D eigenvalue weighted by Crippen LogP contribution is 2.23. The summed E-state index contributed by atoms with van der Waals surface area (Å²) in [7, 11) is 0. The summed E-state index contributed by atoms with van der Waals surface area (Å²) in [4.78, 5) is 53.3. The van der Waals surface area contributed by atoms with E-state index >= 15 is 0 Å². The third-order valence-electron chi connectivity index (χ3n) is 5.28. The van der Waals surface area contributed by atoms with E-state index in [-0.39, 0.29) is 24.7 Å². The van der Waals surface area contributed by atoms with Crippen LogP contribution in [0.25, 0.3) is 0 Å². The number of imide groups is 1. The number of halogens is 1. The highest BCUT2D eigenvalue weighted by molar-refractivity contribution is 6.30. The molecule has 8 nitrogen and oxygen atoms in total. The first-order valence-corrected chi connectivity index (χ1v) is 10.4. The lowest BCUT2D eigenvalue weighted by Gasteiger charge is -2.29. The zero-order valence-corrected chi connectivity index (χ0v) is 18.5. The highest BCUT2D eigenvalue weighted by atomic mass is 35.5. The topological polar surface area (TPSA) is 108 Å². The van der Waals surface area contributed by atoms with Crippen LogP contribution in [0.5, 0.6) is 0 Å². The Labute approximate surface area is 190 Å². The minimum atomic E-state index is -0.781. The van der Waals surface area contributed by atoms with Crippen molar-refractivity contribution in [1.82, 2.24) is 15.5 Å². The van der Waals surface area contributed by atoms with Gasteiger partial charge < -0.3 is 5.32 Å². The number of carbonyl (C=O) groups excluding carboxylic acids is 4. The molecule has 0 saturated carbocycles. The lowest BCUT2D eigenvalue weighted by molar-refractivity contribution is -0.138. The molecule has 1 unspecified atom stereocenters. The predicted molar refractivity (Wildman–Crippen MR) is 121 cm³/mol. The quantitative estimate of drug-likeness (QED) is 0.303. The number of amides is 4. The van der Waals surface area contributed by atoms with Gasteiger partial charge in [0.25, 0.3) is 5.91 Å². The number of benzene rings is 2. The second kappa shape index (κ2) is 10.2. The zero-order chi connectivity index (χ0) is 23.3. The molecule has 9 heteroatoms. The van der Waals surface area contributed by atoms with Crippen molar-refractivity contribution in [3.8, 4) is 0 Å². The monoisotopic (exact) mass is 454 g/mol. The molecule has 1 saturated heterocycles. The van der Waals surface area contributed by atoms with E-state index < -0.39 is 11.9 Å². The molecule has 2 N–H and O–H groups in total. The molecule has 1 atom stereocenters. The third kappa shape index (κ3) is 5.39. The second-order valence-electron chi connectivity index (χ2n) is 7.39. The Morgan fingerprint density at radius 3 is 2.62 bits per heavy atom. The molecular formula is C23H23ClN4O4. The molecule has 0 aliphatic carbocycles. The van der Waals surface area contributed by atoms with Gasteiger partial charge in [-0.05, 0) is 61.7 Å². The molecule has 0 radical (unpaired) electrons. The number of hydrogen-bond acceptors (Lipinski definition) is 5. The Bertz CT molecular complexity index is 1080. The number of amidine groups is 1. The smallest absolute Gasteiger partial charge is 0.251 e. The fraction of sp³-hybridized carbons (Fsp3) is 0.261. The van der Waals surface area contributed by atoms with Crippen LogP contribution in [-0.2, 0) is 20.9 Å². The summed E-state index contributed by atoms with van der Waals surface area (Å²) >= 11 is 5.86. The third-order valence-corrected chi connectivity index (χ3v) is 5.53. The maximum atomic E-state index is 12.4. The molecule has 2 aromatic rings. The Hall–Kier alpha value is -3.52. The second-order valence-corrected chi connectivity index (χ2v) is 7.83. The molecule has 1 fully saturated rings. The van der Waals surface area contributed by atoms with Crippen molar-refractivity contribution in [2.75, 3.05) is 0 Å². The summed E-state index contributed by atoms with van der Waals surface area (Å²) in [5, 5.41) is 5.67. The van der Waals surface area contributed by atoms with Gasteiger partial charge in [0.2, 0.25) is 18.2 Å². The van der Waals surface area contributed by atoms with E-state index in [1.807, 2.05) is 13.0 Å². The first-order valence-electron chi connectivity index (χ1n) is 10.0. The van der Waals surface area contributed by atoms with E-state index in [4.69, 9.17) is 11.6 Å². The fourth-order valence-electron chi connectivity index (χ4n) is 3.42. The van der Waals surface area contributed by atoms with E-state index in [0.717, 1.165) is 11.1 Å². The van der Waals surface area contributed by atoms with Crippen molar-refractivity contribution in [2.45, 2.75) is 39.3 Å². The van der Waals surface area contributed by atoms with Crippen molar-refractivity contribution >= 4 is 47.3 Å². The minimum Gasteiger partial charge on any atom is -0.348 e. The van der Waals surface area contributed by atoms with Crippen LogP contribution in [0.1, 0.15) is 41.3 Å². The van der Waals surface area contributed by atoms with Crippen LogP contribution in [0.2, 0.25) is 5.02 Å². The number of hydrogen-bond donors (Lipinski definition) is 2. The fourth-order valence-corrected chi connectivity index (χ4v) is 3.54. The van der Waals surface area contributed by atoms with Gasteiger partial charge in [-0.15, -0.1) is 0 Å². The zero-order valence-electron chi connectivity index (χ0n) is 17.7. The maximum Gasteiger partial charge on any atom is 0.251 e. The predicted octanol–water partition coefficient (Wildman–Crippen LogP) is 2.89. The van der Waals surface area contributed by atoms with Crippen molar-refractivity contribution in [1.29, 1.82) is 0 Å². The van der Waals surface area contributed by atoms with E-state index in [0.29, 0.717) is 35.1 Å². The van der Waals surface area contributed by atoms with E-state index in [2.05, 4.69) is 15.6 Å². The summed E-state index contributed by atoms with van der Waals surface area (Å²) < 4.78 is 0. The van der Waals surface area contributed by atoms with Gasteiger partial charge in [-0.25, -0.2) is 4.99 Å². The SMILES string of the molecule is C/C(=N/c1cccc(CNC(=O)c2ccc(Cl)cc2)c1C)N(C=O)C1CCC(=O)NC1=O. The number of rotatable bonds is 6. The van der Waals surface area contributed by atoms with Crippen LogP contribution in [0.3, 0.4) is 0 Å². The largest absolute Gasteiger partial charge is 0.348 e. The standard InChI is InChI=1S/C23H23ClN4O4/c1-14-17(12-25-22(31)16-6-8-18(24)9-7-16)4-3-5-19(14)26-15(2)28(13-29)20-10-11-21(30)27-23(20)32/h3-9,13,20H,10-12H2,1-2H3,(H,25,31)(H,27,30,32)/b26-15-. The first-order chi connectivity index (χ1) is 15.3. The van der Waals surface area contributed by atoms with Crippen molar-refractivity contribution in [3.05, 3.63) is 64.2 Å². The van der Waals surface area contributed by atoms with Crippen LogP contribution in [0.4, 0.5) is 5.69 Å². The van der Waals surface area contributed by atoms with Crippen LogP contribution in [0.15, 0.2) is 47.5 Å². The van der Waals surface area contributed by atoms with E-state index in [1.54, 1.807) is 43.3 Å². The van der Waals surface area contributed by atoms with Crippen LogP contribution in [-0.4, -0.2) is 40.9 Å². The molecule has 3 rings (SSSR count).